The Morgan fingerprint density at radius 2 is 1.82 bits per heavy atom. The number of rotatable bonds is 2. The number of halogens is 2. The van der Waals surface area contributed by atoms with Crippen LogP contribution in [0.1, 0.15) is 17.0 Å². The number of benzene rings is 1. The lowest BCUT2D eigenvalue weighted by atomic mass is 10.2. The summed E-state index contributed by atoms with van der Waals surface area (Å²) >= 11 is 6.58. The number of aromatic nitrogens is 2. The van der Waals surface area contributed by atoms with Crippen molar-refractivity contribution in [1.82, 2.24) is 10.2 Å². The first-order valence-corrected chi connectivity index (χ1v) is 6.53. The molecule has 0 amide bonds. The van der Waals surface area contributed by atoms with E-state index >= 15 is 0 Å². The van der Waals surface area contributed by atoms with Crippen LogP contribution in [-0.2, 0) is 0 Å². The van der Waals surface area contributed by atoms with Crippen LogP contribution in [0.5, 0.6) is 5.75 Å². The van der Waals surface area contributed by atoms with E-state index in [4.69, 9.17) is 0 Å². The van der Waals surface area contributed by atoms with Crippen molar-refractivity contribution in [1.29, 1.82) is 0 Å². The largest absolute Gasteiger partial charge is 0.506 e. The Labute approximate surface area is 116 Å². The Hall–Kier alpha value is -1.07. The molecule has 0 bridgehead atoms. The maximum Gasteiger partial charge on any atom is 0.143 e. The third-order valence-corrected chi connectivity index (χ3v) is 3.42. The van der Waals surface area contributed by atoms with Crippen LogP contribution in [0.3, 0.4) is 0 Å². The van der Waals surface area contributed by atoms with Gasteiger partial charge in [0.05, 0.1) is 14.6 Å². The molecule has 88 valence electrons. The lowest BCUT2D eigenvalue weighted by molar-refractivity contribution is 0.468. The van der Waals surface area contributed by atoms with Crippen LogP contribution < -0.4 is 0 Å². The molecule has 0 saturated carbocycles. The summed E-state index contributed by atoms with van der Waals surface area (Å²) in [4.78, 5) is 0. The summed E-state index contributed by atoms with van der Waals surface area (Å²) in [5.74, 6) is 0.206. The summed E-state index contributed by atoms with van der Waals surface area (Å²) in [7, 11) is 0. The lowest BCUT2D eigenvalue weighted by Gasteiger charge is -2.01. The highest BCUT2D eigenvalue weighted by molar-refractivity contribution is 9.11. The highest BCUT2D eigenvalue weighted by atomic mass is 79.9. The van der Waals surface area contributed by atoms with Gasteiger partial charge in [0.1, 0.15) is 5.75 Å². The zero-order valence-electron chi connectivity index (χ0n) is 9.04. The number of aromatic hydroxyl groups is 1. The summed E-state index contributed by atoms with van der Waals surface area (Å²) in [5, 5.41) is 16.6. The number of phenols is 1. The van der Waals surface area contributed by atoms with Gasteiger partial charge in [-0.15, -0.1) is 0 Å². The molecule has 1 aromatic carbocycles. The molecular formula is C12H10Br2N2O. The third kappa shape index (κ3) is 2.98. The minimum atomic E-state index is 0.206. The Morgan fingerprint density at radius 3 is 2.35 bits per heavy atom. The third-order valence-electron chi connectivity index (χ3n) is 2.21. The molecule has 0 atom stereocenters. The molecule has 0 fully saturated rings. The van der Waals surface area contributed by atoms with Gasteiger partial charge in [-0.3, -0.25) is 5.10 Å². The van der Waals surface area contributed by atoms with Crippen LogP contribution in [0.4, 0.5) is 0 Å². The Kier molecular flexibility index (Phi) is 3.69. The van der Waals surface area contributed by atoms with Gasteiger partial charge in [-0.1, -0.05) is 6.08 Å². The first kappa shape index (κ1) is 12.4. The SMILES string of the molecule is Cc1cc(C=Cc2cc(Br)c(O)c(Br)c2)n[nH]1. The number of hydrogen-bond donors (Lipinski definition) is 2. The average molecular weight is 358 g/mol. The van der Waals surface area contributed by atoms with Gasteiger partial charge in [0.25, 0.3) is 0 Å². The van der Waals surface area contributed by atoms with Crippen molar-refractivity contribution in [3.8, 4) is 5.75 Å². The molecule has 3 nitrogen and oxygen atoms in total. The molecule has 0 spiro atoms. The number of phenolic OH excluding ortho intramolecular Hbond substituents is 1. The van der Waals surface area contributed by atoms with Gasteiger partial charge in [-0.05, 0) is 68.6 Å². The molecule has 1 heterocycles. The van der Waals surface area contributed by atoms with Gasteiger partial charge in [0, 0.05) is 5.69 Å². The average Bonchev–Trinajstić information content (AvgIpc) is 2.69. The molecule has 0 radical (unpaired) electrons. The van der Waals surface area contributed by atoms with E-state index in [1.165, 1.54) is 0 Å². The molecule has 17 heavy (non-hydrogen) atoms. The van der Waals surface area contributed by atoms with E-state index < -0.39 is 0 Å². The maximum absolute atomic E-state index is 9.58. The van der Waals surface area contributed by atoms with E-state index in [0.29, 0.717) is 8.95 Å². The van der Waals surface area contributed by atoms with Crippen molar-refractivity contribution < 1.29 is 5.11 Å². The van der Waals surface area contributed by atoms with Crippen LogP contribution >= 0.6 is 31.9 Å². The van der Waals surface area contributed by atoms with Crippen molar-refractivity contribution in [2.75, 3.05) is 0 Å². The minimum absolute atomic E-state index is 0.206. The van der Waals surface area contributed by atoms with E-state index in [0.717, 1.165) is 17.0 Å². The number of H-pyrrole nitrogens is 1. The van der Waals surface area contributed by atoms with Gasteiger partial charge >= 0.3 is 0 Å². The van der Waals surface area contributed by atoms with Crippen molar-refractivity contribution in [2.45, 2.75) is 6.92 Å². The molecule has 5 heteroatoms. The van der Waals surface area contributed by atoms with Crippen molar-refractivity contribution >= 4 is 44.0 Å². The zero-order valence-corrected chi connectivity index (χ0v) is 12.2. The van der Waals surface area contributed by atoms with E-state index in [-0.39, 0.29) is 5.75 Å². The quantitative estimate of drug-likeness (QED) is 0.849. The van der Waals surface area contributed by atoms with Crippen molar-refractivity contribution in [2.24, 2.45) is 0 Å². The zero-order chi connectivity index (χ0) is 12.4. The summed E-state index contributed by atoms with van der Waals surface area (Å²) in [6, 6.07) is 5.65. The summed E-state index contributed by atoms with van der Waals surface area (Å²) in [5.41, 5.74) is 2.88. The molecule has 0 saturated heterocycles. The van der Waals surface area contributed by atoms with Gasteiger partial charge in [0.15, 0.2) is 0 Å². The normalized spacial score (nSPS) is 11.2. The van der Waals surface area contributed by atoms with Crippen LogP contribution in [0.25, 0.3) is 12.2 Å². The fraction of sp³-hybridized carbons (Fsp3) is 0.0833. The maximum atomic E-state index is 9.58. The molecule has 0 aliphatic carbocycles. The number of aromatic amines is 1. The van der Waals surface area contributed by atoms with E-state index in [1.807, 2.05) is 37.3 Å². The monoisotopic (exact) mass is 356 g/mol. The smallest absolute Gasteiger partial charge is 0.143 e. The van der Waals surface area contributed by atoms with Crippen LogP contribution in [0, 0.1) is 6.92 Å². The molecule has 2 N–H and O–H groups in total. The Balaban J connectivity index is 2.27. The second kappa shape index (κ2) is 5.06. The fourth-order valence-electron chi connectivity index (χ4n) is 1.39. The molecule has 1 aromatic heterocycles. The van der Waals surface area contributed by atoms with Gasteiger partial charge in [-0.25, -0.2) is 0 Å². The first-order valence-electron chi connectivity index (χ1n) is 4.94. The summed E-state index contributed by atoms with van der Waals surface area (Å²) in [6.07, 6.45) is 3.85. The number of aryl methyl sites for hydroxylation is 1. The molecule has 0 aliphatic rings. The first-order chi connectivity index (χ1) is 8.06. The molecule has 0 aliphatic heterocycles. The van der Waals surface area contributed by atoms with E-state index in [1.54, 1.807) is 0 Å². The Bertz CT molecular complexity index is 553. The predicted molar refractivity (Wildman–Crippen MR) is 75.8 cm³/mol. The summed E-state index contributed by atoms with van der Waals surface area (Å²) < 4.78 is 1.31. The van der Waals surface area contributed by atoms with Crippen LogP contribution in [0.2, 0.25) is 0 Å². The Morgan fingerprint density at radius 1 is 1.18 bits per heavy atom. The highest BCUT2D eigenvalue weighted by Crippen LogP contribution is 2.33. The second-order valence-electron chi connectivity index (χ2n) is 3.64. The van der Waals surface area contributed by atoms with Gasteiger partial charge in [0.2, 0.25) is 0 Å². The summed E-state index contributed by atoms with van der Waals surface area (Å²) in [6.45, 7) is 1.96. The molecule has 2 rings (SSSR count). The van der Waals surface area contributed by atoms with Gasteiger partial charge in [-0.2, -0.15) is 5.10 Å². The highest BCUT2D eigenvalue weighted by Gasteiger charge is 2.04. The lowest BCUT2D eigenvalue weighted by Crippen LogP contribution is -1.77. The number of hydrogen-bond acceptors (Lipinski definition) is 2. The predicted octanol–water partition coefficient (Wildman–Crippen LogP) is 4.12. The molecular weight excluding hydrogens is 348 g/mol. The standard InChI is InChI=1S/C12H10Br2N2O/c1-7-4-9(16-15-7)3-2-8-5-10(13)12(17)11(14)6-8/h2-6,17H,1H3,(H,15,16). The number of nitrogens with zero attached hydrogens (tertiary/aromatic N) is 1. The second-order valence-corrected chi connectivity index (χ2v) is 5.35. The fourth-order valence-corrected chi connectivity index (χ4v) is 2.61. The van der Waals surface area contributed by atoms with Crippen molar-refractivity contribution in [3.63, 3.8) is 0 Å². The van der Waals surface area contributed by atoms with Crippen LogP contribution in [0.15, 0.2) is 27.1 Å². The van der Waals surface area contributed by atoms with Crippen molar-refractivity contribution in [3.05, 3.63) is 44.1 Å². The number of nitrogens with one attached hydrogen (secondary N) is 1. The van der Waals surface area contributed by atoms with E-state index in [9.17, 15) is 5.11 Å². The van der Waals surface area contributed by atoms with Crippen LogP contribution in [-0.4, -0.2) is 15.3 Å². The topological polar surface area (TPSA) is 48.9 Å². The molecule has 2 aromatic rings. The minimum Gasteiger partial charge on any atom is -0.506 e. The molecule has 0 unspecified atom stereocenters. The van der Waals surface area contributed by atoms with E-state index in [2.05, 4.69) is 42.1 Å². The van der Waals surface area contributed by atoms with Gasteiger partial charge < -0.3 is 5.11 Å².